The molecule has 0 bridgehead atoms. The summed E-state index contributed by atoms with van der Waals surface area (Å²) in [5, 5.41) is 3.80. The summed E-state index contributed by atoms with van der Waals surface area (Å²) in [6.45, 7) is 10.1. The Hall–Kier alpha value is -2.12. The second-order valence-electron chi connectivity index (χ2n) is 9.67. The van der Waals surface area contributed by atoms with E-state index in [2.05, 4.69) is 43.1 Å². The molecule has 0 unspecified atom stereocenters. The number of anilines is 1. The highest BCUT2D eigenvalue weighted by Crippen LogP contribution is 2.29. The molecule has 6 nitrogen and oxygen atoms in total. The standard InChI is InChI=1S/C25H34N4O2S/c1-25(2,3)21-15-22(29-11-4-5-12-29)28-24(27-21)32-17-18-8-6-9-19(14-18)23(30)26-16-20-10-7-13-31-20/h6,8-9,14-15,20H,4-5,7,10-13,16-17H2,1-3H3,(H,26,30)/t20-/m0/s1. The average molecular weight is 455 g/mol. The molecule has 2 fully saturated rings. The molecule has 3 heterocycles. The van der Waals surface area contributed by atoms with E-state index in [0.717, 1.165) is 60.5 Å². The van der Waals surface area contributed by atoms with Crippen molar-refractivity contribution in [3.63, 3.8) is 0 Å². The monoisotopic (exact) mass is 454 g/mol. The topological polar surface area (TPSA) is 67.4 Å². The predicted molar refractivity (Wildman–Crippen MR) is 129 cm³/mol. The molecule has 1 aromatic heterocycles. The average Bonchev–Trinajstić information content (AvgIpc) is 3.50. The van der Waals surface area contributed by atoms with Crippen LogP contribution in [0.3, 0.4) is 0 Å². The number of thioether (sulfide) groups is 1. The Kier molecular flexibility index (Phi) is 7.36. The van der Waals surface area contributed by atoms with Crippen molar-refractivity contribution in [3.05, 3.63) is 47.2 Å². The van der Waals surface area contributed by atoms with Gasteiger partial charge in [-0.1, -0.05) is 44.7 Å². The molecule has 0 saturated carbocycles. The number of hydrogen-bond acceptors (Lipinski definition) is 6. The first-order chi connectivity index (χ1) is 15.4. The summed E-state index contributed by atoms with van der Waals surface area (Å²) in [5.41, 5.74) is 2.81. The number of hydrogen-bond donors (Lipinski definition) is 1. The van der Waals surface area contributed by atoms with Gasteiger partial charge in [0.1, 0.15) is 5.82 Å². The molecule has 2 aromatic rings. The van der Waals surface area contributed by atoms with Gasteiger partial charge in [-0.05, 0) is 43.4 Å². The van der Waals surface area contributed by atoms with Gasteiger partial charge in [0.05, 0.1) is 11.8 Å². The van der Waals surface area contributed by atoms with Crippen molar-refractivity contribution < 1.29 is 9.53 Å². The number of carbonyl (C=O) groups is 1. The Balaban J connectivity index is 1.43. The van der Waals surface area contributed by atoms with Crippen molar-refractivity contribution in [2.45, 2.75) is 68.9 Å². The Morgan fingerprint density at radius 3 is 2.72 bits per heavy atom. The van der Waals surface area contributed by atoms with Gasteiger partial charge in [-0.2, -0.15) is 0 Å². The van der Waals surface area contributed by atoms with Gasteiger partial charge in [-0.15, -0.1) is 0 Å². The normalized spacial score (nSPS) is 18.8. The first-order valence-corrected chi connectivity index (χ1v) is 12.6. The molecule has 0 radical (unpaired) electrons. The number of nitrogens with zero attached hydrogens (tertiary/aromatic N) is 3. The number of aromatic nitrogens is 2. The molecule has 1 amide bonds. The fourth-order valence-corrected chi connectivity index (χ4v) is 4.83. The first kappa shape index (κ1) is 23.1. The highest BCUT2D eigenvalue weighted by Gasteiger charge is 2.22. The fraction of sp³-hybridized carbons (Fsp3) is 0.560. The van der Waals surface area contributed by atoms with Crippen LogP contribution in [0, 0.1) is 0 Å². The molecule has 1 aromatic carbocycles. The zero-order valence-corrected chi connectivity index (χ0v) is 20.2. The van der Waals surface area contributed by atoms with Crippen LogP contribution >= 0.6 is 11.8 Å². The van der Waals surface area contributed by atoms with Crippen molar-refractivity contribution in [1.29, 1.82) is 0 Å². The molecule has 0 aliphatic carbocycles. The third-order valence-electron chi connectivity index (χ3n) is 5.96. The van der Waals surface area contributed by atoms with Gasteiger partial charge < -0.3 is 15.0 Å². The maximum absolute atomic E-state index is 12.6. The third kappa shape index (κ3) is 6.01. The largest absolute Gasteiger partial charge is 0.376 e. The van der Waals surface area contributed by atoms with Gasteiger partial charge in [-0.25, -0.2) is 9.97 Å². The molecule has 2 aliphatic heterocycles. The highest BCUT2D eigenvalue weighted by atomic mass is 32.2. The Labute approximate surface area is 195 Å². The van der Waals surface area contributed by atoms with Crippen molar-refractivity contribution in [2.75, 3.05) is 31.1 Å². The van der Waals surface area contributed by atoms with E-state index in [1.165, 1.54) is 12.8 Å². The molecule has 1 atom stereocenters. The van der Waals surface area contributed by atoms with Gasteiger partial charge in [0.15, 0.2) is 5.16 Å². The van der Waals surface area contributed by atoms with E-state index < -0.39 is 0 Å². The number of rotatable bonds is 7. The molecule has 2 saturated heterocycles. The summed E-state index contributed by atoms with van der Waals surface area (Å²) in [5.74, 6) is 1.71. The van der Waals surface area contributed by atoms with Gasteiger partial charge in [0.2, 0.25) is 0 Å². The second kappa shape index (κ2) is 10.2. The molecule has 7 heteroatoms. The van der Waals surface area contributed by atoms with E-state index in [4.69, 9.17) is 14.7 Å². The van der Waals surface area contributed by atoms with Crippen molar-refractivity contribution >= 4 is 23.5 Å². The van der Waals surface area contributed by atoms with E-state index in [0.29, 0.717) is 12.1 Å². The van der Waals surface area contributed by atoms with Crippen molar-refractivity contribution in [1.82, 2.24) is 15.3 Å². The van der Waals surface area contributed by atoms with E-state index in [1.54, 1.807) is 11.8 Å². The maximum Gasteiger partial charge on any atom is 0.251 e. The molecular formula is C25H34N4O2S. The van der Waals surface area contributed by atoms with E-state index >= 15 is 0 Å². The smallest absolute Gasteiger partial charge is 0.251 e. The SMILES string of the molecule is CC(C)(C)c1cc(N2CCCC2)nc(SCc2cccc(C(=O)NC[C@@H]3CCCO3)c2)n1. The molecule has 4 rings (SSSR count). The minimum Gasteiger partial charge on any atom is -0.376 e. The van der Waals surface area contributed by atoms with Crippen LogP contribution in [0.5, 0.6) is 0 Å². The molecule has 0 spiro atoms. The Bertz CT molecular complexity index is 932. The van der Waals surface area contributed by atoms with Gasteiger partial charge in [-0.3, -0.25) is 4.79 Å². The summed E-state index contributed by atoms with van der Waals surface area (Å²) in [6, 6.07) is 9.97. The van der Waals surface area contributed by atoms with Crippen LogP contribution in [-0.4, -0.2) is 48.2 Å². The maximum atomic E-state index is 12.6. The van der Waals surface area contributed by atoms with E-state index in [1.807, 2.05) is 18.2 Å². The first-order valence-electron chi connectivity index (χ1n) is 11.6. The zero-order chi connectivity index (χ0) is 22.6. The quantitative estimate of drug-likeness (QED) is 0.488. The lowest BCUT2D eigenvalue weighted by Gasteiger charge is -2.23. The van der Waals surface area contributed by atoms with Gasteiger partial charge in [0.25, 0.3) is 5.91 Å². The number of benzene rings is 1. The molecule has 2 aliphatic rings. The summed E-state index contributed by atoms with van der Waals surface area (Å²) in [4.78, 5) is 24.6. The fourth-order valence-electron chi connectivity index (χ4n) is 4.03. The van der Waals surface area contributed by atoms with Crippen LogP contribution in [0.1, 0.15) is 68.1 Å². The van der Waals surface area contributed by atoms with Crippen LogP contribution in [-0.2, 0) is 15.9 Å². The van der Waals surface area contributed by atoms with Crippen LogP contribution in [0.15, 0.2) is 35.5 Å². The van der Waals surface area contributed by atoms with Crippen LogP contribution in [0.2, 0.25) is 0 Å². The highest BCUT2D eigenvalue weighted by molar-refractivity contribution is 7.98. The minimum atomic E-state index is -0.0466. The van der Waals surface area contributed by atoms with Crippen molar-refractivity contribution in [3.8, 4) is 0 Å². The number of nitrogens with one attached hydrogen (secondary N) is 1. The summed E-state index contributed by atoms with van der Waals surface area (Å²) in [6.07, 6.45) is 4.68. The lowest BCUT2D eigenvalue weighted by molar-refractivity contribution is 0.0857. The third-order valence-corrected chi connectivity index (χ3v) is 6.88. The van der Waals surface area contributed by atoms with E-state index in [9.17, 15) is 4.79 Å². The molecule has 32 heavy (non-hydrogen) atoms. The number of ether oxygens (including phenoxy) is 1. The molecule has 172 valence electrons. The zero-order valence-electron chi connectivity index (χ0n) is 19.4. The van der Waals surface area contributed by atoms with Crippen LogP contribution in [0.4, 0.5) is 5.82 Å². The van der Waals surface area contributed by atoms with Crippen LogP contribution < -0.4 is 10.2 Å². The van der Waals surface area contributed by atoms with Gasteiger partial charge >= 0.3 is 0 Å². The lowest BCUT2D eigenvalue weighted by atomic mass is 9.92. The molecule has 1 N–H and O–H groups in total. The van der Waals surface area contributed by atoms with Crippen LogP contribution in [0.25, 0.3) is 0 Å². The minimum absolute atomic E-state index is 0.0340. The summed E-state index contributed by atoms with van der Waals surface area (Å²) < 4.78 is 5.60. The Morgan fingerprint density at radius 1 is 1.19 bits per heavy atom. The number of amides is 1. The van der Waals surface area contributed by atoms with Crippen molar-refractivity contribution in [2.24, 2.45) is 0 Å². The lowest BCUT2D eigenvalue weighted by Crippen LogP contribution is -2.31. The molecular weight excluding hydrogens is 420 g/mol. The predicted octanol–water partition coefficient (Wildman–Crippen LogP) is 4.58. The summed E-state index contributed by atoms with van der Waals surface area (Å²) in [7, 11) is 0. The van der Waals surface area contributed by atoms with Gasteiger partial charge in [0, 0.05) is 49.0 Å². The van der Waals surface area contributed by atoms with E-state index in [-0.39, 0.29) is 17.4 Å². The summed E-state index contributed by atoms with van der Waals surface area (Å²) >= 11 is 1.63. The Morgan fingerprint density at radius 2 is 2.00 bits per heavy atom. The second-order valence-corrected chi connectivity index (χ2v) is 10.6. The number of carbonyl (C=O) groups excluding carboxylic acids is 1.